The largest absolute Gasteiger partial charge is 0.493 e. The first-order valence-electron chi connectivity index (χ1n) is 5.90. The predicted molar refractivity (Wildman–Crippen MR) is 72.2 cm³/mol. The van der Waals surface area contributed by atoms with Gasteiger partial charge in [-0.05, 0) is 13.0 Å². The molecule has 2 aromatic rings. The Balaban J connectivity index is 3.00. The third-order valence-electron chi connectivity index (χ3n) is 3.17. The van der Waals surface area contributed by atoms with Gasteiger partial charge >= 0.3 is 5.69 Å². The second kappa shape index (κ2) is 4.79. The summed E-state index contributed by atoms with van der Waals surface area (Å²) in [5, 5.41) is 0.432. The summed E-state index contributed by atoms with van der Waals surface area (Å²) in [5.74, 6) is 0.951. The predicted octanol–water partition coefficient (Wildman–Crippen LogP) is 0.737. The Morgan fingerprint density at radius 3 is 2.21 bits per heavy atom. The van der Waals surface area contributed by atoms with Crippen molar-refractivity contribution >= 4 is 10.9 Å². The van der Waals surface area contributed by atoms with Crippen LogP contribution in [-0.4, -0.2) is 23.4 Å². The van der Waals surface area contributed by atoms with Crippen molar-refractivity contribution in [3.8, 4) is 11.5 Å². The van der Waals surface area contributed by atoms with Gasteiger partial charge in [-0.25, -0.2) is 4.79 Å². The van der Waals surface area contributed by atoms with Crippen LogP contribution in [-0.2, 0) is 13.6 Å². The summed E-state index contributed by atoms with van der Waals surface area (Å²) in [6.45, 7) is 2.09. The van der Waals surface area contributed by atoms with E-state index in [-0.39, 0.29) is 11.2 Å². The summed E-state index contributed by atoms with van der Waals surface area (Å²) in [5.41, 5.74) is -0.133. The van der Waals surface area contributed by atoms with Crippen molar-refractivity contribution in [2.24, 2.45) is 7.05 Å². The minimum atomic E-state index is -0.341. The SMILES string of the molecule is CCn1c(=O)c2cc(OC)c(OC)cc2n(C)c1=O. The summed E-state index contributed by atoms with van der Waals surface area (Å²) >= 11 is 0. The highest BCUT2D eigenvalue weighted by molar-refractivity contribution is 5.82. The van der Waals surface area contributed by atoms with Crippen molar-refractivity contribution in [1.82, 2.24) is 9.13 Å². The molecule has 1 aromatic heterocycles. The monoisotopic (exact) mass is 264 g/mol. The molecule has 0 radical (unpaired) electrons. The zero-order valence-electron chi connectivity index (χ0n) is 11.4. The van der Waals surface area contributed by atoms with E-state index in [1.54, 1.807) is 26.1 Å². The molecule has 0 saturated heterocycles. The summed E-state index contributed by atoms with van der Waals surface area (Å²) in [6, 6.07) is 3.24. The third-order valence-corrected chi connectivity index (χ3v) is 3.17. The second-order valence-corrected chi connectivity index (χ2v) is 4.12. The van der Waals surface area contributed by atoms with Crippen LogP contribution >= 0.6 is 0 Å². The zero-order chi connectivity index (χ0) is 14.2. The molecule has 0 bridgehead atoms. The van der Waals surface area contributed by atoms with Gasteiger partial charge in [0, 0.05) is 19.7 Å². The van der Waals surface area contributed by atoms with Gasteiger partial charge in [0.05, 0.1) is 25.1 Å². The first kappa shape index (κ1) is 13.2. The molecule has 2 rings (SSSR count). The van der Waals surface area contributed by atoms with E-state index < -0.39 is 0 Å². The van der Waals surface area contributed by atoms with Crippen molar-refractivity contribution in [1.29, 1.82) is 0 Å². The van der Waals surface area contributed by atoms with Crippen molar-refractivity contribution in [2.45, 2.75) is 13.5 Å². The molecule has 102 valence electrons. The normalized spacial score (nSPS) is 10.7. The lowest BCUT2D eigenvalue weighted by atomic mass is 10.2. The number of nitrogens with zero attached hydrogens (tertiary/aromatic N) is 2. The Bertz CT molecular complexity index is 743. The van der Waals surface area contributed by atoms with Crippen molar-refractivity contribution < 1.29 is 9.47 Å². The van der Waals surface area contributed by atoms with E-state index in [2.05, 4.69) is 0 Å². The molecule has 6 heteroatoms. The number of methoxy groups -OCH3 is 2. The Morgan fingerprint density at radius 1 is 1.11 bits per heavy atom. The van der Waals surface area contributed by atoms with Gasteiger partial charge in [-0.1, -0.05) is 0 Å². The Kier molecular flexibility index (Phi) is 3.33. The molecule has 0 unspecified atom stereocenters. The maximum atomic E-state index is 12.3. The molecule has 1 aromatic carbocycles. The summed E-state index contributed by atoms with van der Waals surface area (Å²) in [4.78, 5) is 24.3. The molecule has 0 aliphatic carbocycles. The molecule has 0 atom stereocenters. The first-order valence-corrected chi connectivity index (χ1v) is 5.90. The number of hydrogen-bond donors (Lipinski definition) is 0. The summed E-state index contributed by atoms with van der Waals surface area (Å²) in [6.07, 6.45) is 0. The van der Waals surface area contributed by atoms with E-state index in [0.29, 0.717) is 28.9 Å². The maximum Gasteiger partial charge on any atom is 0.331 e. The zero-order valence-corrected chi connectivity index (χ0v) is 11.4. The lowest BCUT2D eigenvalue weighted by Gasteiger charge is -2.12. The first-order chi connectivity index (χ1) is 9.04. The Morgan fingerprint density at radius 2 is 1.68 bits per heavy atom. The highest BCUT2D eigenvalue weighted by atomic mass is 16.5. The van der Waals surface area contributed by atoms with E-state index in [1.165, 1.54) is 23.4 Å². The Labute approximate surface area is 109 Å². The smallest absolute Gasteiger partial charge is 0.331 e. The quantitative estimate of drug-likeness (QED) is 0.820. The van der Waals surface area contributed by atoms with Crippen LogP contribution in [0.25, 0.3) is 10.9 Å². The summed E-state index contributed by atoms with van der Waals surface area (Å²) in [7, 11) is 4.64. The second-order valence-electron chi connectivity index (χ2n) is 4.12. The third kappa shape index (κ3) is 1.89. The molecule has 19 heavy (non-hydrogen) atoms. The van der Waals surface area contributed by atoms with E-state index in [9.17, 15) is 9.59 Å². The lowest BCUT2D eigenvalue weighted by Crippen LogP contribution is -2.38. The molecule has 0 aliphatic heterocycles. The van der Waals surface area contributed by atoms with E-state index in [4.69, 9.17) is 9.47 Å². The van der Waals surface area contributed by atoms with Crippen LogP contribution in [0.5, 0.6) is 11.5 Å². The van der Waals surface area contributed by atoms with Crippen LogP contribution in [0.1, 0.15) is 6.92 Å². The van der Waals surface area contributed by atoms with E-state index in [1.807, 2.05) is 0 Å². The maximum absolute atomic E-state index is 12.3. The topological polar surface area (TPSA) is 62.5 Å². The molecular weight excluding hydrogens is 248 g/mol. The molecule has 0 N–H and O–H groups in total. The lowest BCUT2D eigenvalue weighted by molar-refractivity contribution is 0.355. The number of benzene rings is 1. The number of hydrogen-bond acceptors (Lipinski definition) is 4. The molecule has 0 aliphatic rings. The molecular formula is C13H16N2O4. The molecule has 0 saturated carbocycles. The van der Waals surface area contributed by atoms with Crippen LogP contribution in [0.3, 0.4) is 0 Å². The van der Waals surface area contributed by atoms with Crippen LogP contribution in [0.2, 0.25) is 0 Å². The van der Waals surface area contributed by atoms with Gasteiger partial charge in [-0.15, -0.1) is 0 Å². The minimum Gasteiger partial charge on any atom is -0.493 e. The summed E-state index contributed by atoms with van der Waals surface area (Å²) < 4.78 is 13.0. The average Bonchev–Trinajstić information content (AvgIpc) is 2.44. The fraction of sp³-hybridized carbons (Fsp3) is 0.385. The number of fused-ring (bicyclic) bond motifs is 1. The van der Waals surface area contributed by atoms with Gasteiger partial charge in [0.25, 0.3) is 5.56 Å². The molecule has 0 spiro atoms. The van der Waals surface area contributed by atoms with Crippen LogP contribution in [0, 0.1) is 0 Å². The van der Waals surface area contributed by atoms with E-state index >= 15 is 0 Å². The van der Waals surface area contributed by atoms with Gasteiger partial charge in [0.1, 0.15) is 0 Å². The number of rotatable bonds is 3. The fourth-order valence-corrected chi connectivity index (χ4v) is 2.11. The number of aromatic nitrogens is 2. The van der Waals surface area contributed by atoms with Crippen LogP contribution in [0.4, 0.5) is 0 Å². The van der Waals surface area contributed by atoms with Crippen molar-refractivity contribution in [3.63, 3.8) is 0 Å². The fourth-order valence-electron chi connectivity index (χ4n) is 2.11. The van der Waals surface area contributed by atoms with Crippen molar-refractivity contribution in [2.75, 3.05) is 14.2 Å². The average molecular weight is 264 g/mol. The van der Waals surface area contributed by atoms with Crippen molar-refractivity contribution in [3.05, 3.63) is 33.0 Å². The van der Waals surface area contributed by atoms with Gasteiger partial charge < -0.3 is 9.47 Å². The highest BCUT2D eigenvalue weighted by Crippen LogP contribution is 2.30. The number of ether oxygens (including phenoxy) is 2. The van der Waals surface area contributed by atoms with Crippen LogP contribution < -0.4 is 20.7 Å². The molecule has 0 amide bonds. The molecule has 6 nitrogen and oxygen atoms in total. The minimum absolute atomic E-state index is 0.318. The number of aryl methyl sites for hydroxylation is 1. The van der Waals surface area contributed by atoms with Crippen LogP contribution in [0.15, 0.2) is 21.7 Å². The molecule has 1 heterocycles. The molecule has 0 fully saturated rings. The van der Waals surface area contributed by atoms with Gasteiger partial charge in [-0.2, -0.15) is 0 Å². The van der Waals surface area contributed by atoms with Gasteiger partial charge in [0.15, 0.2) is 11.5 Å². The Hall–Kier alpha value is -2.24. The highest BCUT2D eigenvalue weighted by Gasteiger charge is 2.14. The van der Waals surface area contributed by atoms with Gasteiger partial charge in [0.2, 0.25) is 0 Å². The van der Waals surface area contributed by atoms with Gasteiger partial charge in [-0.3, -0.25) is 13.9 Å². The van der Waals surface area contributed by atoms with E-state index in [0.717, 1.165) is 0 Å². The standard InChI is InChI=1S/C13H16N2O4/c1-5-15-12(16)8-6-10(18-3)11(19-4)7-9(8)14(2)13(15)17/h6-7H,5H2,1-4H3.